The van der Waals surface area contributed by atoms with E-state index in [9.17, 15) is 32.4 Å². The molecule has 1 amide bonds. The molecule has 2 aliphatic heterocycles. The van der Waals surface area contributed by atoms with Crippen LogP contribution in [0.2, 0.25) is 5.02 Å². The lowest BCUT2D eigenvalue weighted by atomic mass is 9.95. The molecular formula is C46H45ClF2N6O7S. The normalized spacial score (nSPS) is 22.4. The number of carbonyl (C=O) groups is 1. The number of carbonyl (C=O) groups excluding carboxylic acids is 1. The van der Waals surface area contributed by atoms with E-state index in [0.717, 1.165) is 39.8 Å². The van der Waals surface area contributed by atoms with Gasteiger partial charge in [-0.25, -0.2) is 22.2 Å². The topological polar surface area (TPSA) is 171 Å². The molecule has 10 rings (SSSR count). The third-order valence-electron chi connectivity index (χ3n) is 13.3. The van der Waals surface area contributed by atoms with Gasteiger partial charge in [0.15, 0.2) is 5.58 Å². The van der Waals surface area contributed by atoms with E-state index in [4.69, 9.17) is 30.5 Å². The number of β-amino-alcohol motifs (C(OH)–C–C–N with tert-alkyl or cyclic N) is 1. The molecular weight excluding hydrogens is 854 g/mol. The summed E-state index contributed by atoms with van der Waals surface area (Å²) in [5, 5.41) is 20.3. The number of alkyl halides is 2. The van der Waals surface area contributed by atoms with Crippen molar-refractivity contribution < 1.29 is 41.0 Å². The van der Waals surface area contributed by atoms with Gasteiger partial charge in [0.1, 0.15) is 23.3 Å². The van der Waals surface area contributed by atoms with Gasteiger partial charge in [-0.2, -0.15) is 10.2 Å². The van der Waals surface area contributed by atoms with E-state index in [-0.39, 0.29) is 29.3 Å². The van der Waals surface area contributed by atoms with Gasteiger partial charge in [0.05, 0.1) is 40.5 Å². The highest BCUT2D eigenvalue weighted by atomic mass is 35.5. The predicted octanol–water partition coefficient (Wildman–Crippen LogP) is 7.58. The van der Waals surface area contributed by atoms with Gasteiger partial charge in [-0.15, -0.1) is 0 Å². The molecule has 5 aliphatic rings. The van der Waals surface area contributed by atoms with Crippen molar-refractivity contribution in [1.29, 1.82) is 5.26 Å². The zero-order valence-electron chi connectivity index (χ0n) is 34.5. The molecule has 5 aromatic rings. The van der Waals surface area contributed by atoms with Crippen molar-refractivity contribution in [3.8, 4) is 40.4 Å². The highest BCUT2D eigenvalue weighted by Gasteiger charge is 2.42. The number of amides is 1. The smallest absolute Gasteiger partial charge is 0.269 e. The minimum absolute atomic E-state index is 0.0656. The summed E-state index contributed by atoms with van der Waals surface area (Å²) in [6, 6.07) is 17.0. The molecule has 3 aromatic carbocycles. The van der Waals surface area contributed by atoms with Gasteiger partial charge in [-0.1, -0.05) is 41.9 Å². The Morgan fingerprint density at radius 3 is 2.51 bits per heavy atom. The summed E-state index contributed by atoms with van der Waals surface area (Å²) in [7, 11) is -2.19. The Kier molecular flexibility index (Phi) is 10.9. The molecule has 2 saturated heterocycles. The highest BCUT2D eigenvalue weighted by molar-refractivity contribution is 7.90. The minimum atomic E-state index is -3.63. The molecule has 1 saturated carbocycles. The zero-order chi connectivity index (χ0) is 43.7. The molecule has 0 bridgehead atoms. The average molecular weight is 899 g/mol. The second-order valence-electron chi connectivity index (χ2n) is 17.3. The van der Waals surface area contributed by atoms with Gasteiger partial charge >= 0.3 is 0 Å². The van der Waals surface area contributed by atoms with Gasteiger partial charge in [0.2, 0.25) is 33.6 Å². The summed E-state index contributed by atoms with van der Waals surface area (Å²) in [6.07, 6.45) is 0.958. The number of sulfonamides is 1. The minimum Gasteiger partial charge on any atom is -0.481 e. The molecule has 3 fully saturated rings. The number of ether oxygens (including phenoxy) is 2. The molecule has 0 spiro atoms. The fourth-order valence-corrected chi connectivity index (χ4v) is 11.7. The van der Waals surface area contributed by atoms with Crippen molar-refractivity contribution in [2.24, 2.45) is 5.92 Å². The number of halogens is 3. The predicted molar refractivity (Wildman–Crippen MR) is 229 cm³/mol. The van der Waals surface area contributed by atoms with Gasteiger partial charge in [-0.3, -0.25) is 19.3 Å². The number of nitrogens with zero attached hydrogens (tertiary/aromatic N) is 5. The van der Waals surface area contributed by atoms with Crippen molar-refractivity contribution in [3.63, 3.8) is 0 Å². The number of likely N-dealkylation sites (tertiary alicyclic amines) is 2. The molecule has 2 aromatic heterocycles. The van der Waals surface area contributed by atoms with Gasteiger partial charge < -0.3 is 19.0 Å². The Morgan fingerprint density at radius 1 is 0.984 bits per heavy atom. The Balaban J connectivity index is 0.909. The Labute approximate surface area is 368 Å². The van der Waals surface area contributed by atoms with Crippen molar-refractivity contribution in [1.82, 2.24) is 24.5 Å². The number of hydrogen-bond donors (Lipinski definition) is 2. The van der Waals surface area contributed by atoms with E-state index >= 15 is 0 Å². The van der Waals surface area contributed by atoms with Gasteiger partial charge in [-0.05, 0) is 104 Å². The first-order chi connectivity index (χ1) is 30.4. The number of pyridine rings is 1. The molecule has 0 unspecified atom stereocenters. The summed E-state index contributed by atoms with van der Waals surface area (Å²) in [5.74, 6) is -0.639. The van der Waals surface area contributed by atoms with Gasteiger partial charge in [0, 0.05) is 43.3 Å². The van der Waals surface area contributed by atoms with Crippen LogP contribution in [0.25, 0.3) is 33.7 Å². The monoisotopic (exact) mass is 898 g/mol. The van der Waals surface area contributed by atoms with Crippen LogP contribution in [-0.4, -0.2) is 83.8 Å². The number of hydrogen-bond acceptors (Lipinski definition) is 12. The molecule has 0 radical (unpaired) electrons. The van der Waals surface area contributed by atoms with E-state index in [1.807, 2.05) is 47.4 Å². The van der Waals surface area contributed by atoms with E-state index in [1.54, 1.807) is 0 Å². The van der Waals surface area contributed by atoms with E-state index in [0.29, 0.717) is 110 Å². The summed E-state index contributed by atoms with van der Waals surface area (Å²) in [5.41, 5.74) is 7.21. The number of oxazole rings is 1. The Bertz CT molecular complexity index is 2810. The van der Waals surface area contributed by atoms with Crippen LogP contribution >= 0.6 is 11.6 Å². The van der Waals surface area contributed by atoms with E-state index < -0.39 is 45.7 Å². The molecule has 4 atom stereocenters. The fraction of sp³-hybridized carbons (Fsp3) is 0.435. The SMILES string of the molecule is COc1nc(O[C@H]2CCc3c(-c4cccc(-c5nc6cc7c(c(C#N)c6o5)CC[C@H]7N5CC[C@@H](C(=O)NS(=O)(=O)C6CC6)C5)c4Cl)cccc32)c(C(F)F)cc1CN1CC[C@@H](O)C1. The largest absolute Gasteiger partial charge is 0.481 e. The number of nitrogens with one attached hydrogen (secondary N) is 1. The second-order valence-corrected chi connectivity index (χ2v) is 19.6. The number of methoxy groups -OCH3 is 1. The first-order valence-corrected chi connectivity index (χ1v) is 23.3. The maximum Gasteiger partial charge on any atom is 0.269 e. The van der Waals surface area contributed by atoms with Crippen molar-refractivity contribution in [2.45, 2.75) is 87.8 Å². The molecule has 17 heteroatoms. The van der Waals surface area contributed by atoms with Crippen LogP contribution in [-0.2, 0) is 34.2 Å². The Hall–Kier alpha value is -5.18. The van der Waals surface area contributed by atoms with Crippen LogP contribution in [0.4, 0.5) is 8.78 Å². The number of nitriles is 1. The van der Waals surface area contributed by atoms with E-state index in [2.05, 4.69) is 20.7 Å². The first kappa shape index (κ1) is 41.8. The summed E-state index contributed by atoms with van der Waals surface area (Å²) >= 11 is 7.23. The van der Waals surface area contributed by atoms with Crippen molar-refractivity contribution in [2.75, 3.05) is 33.3 Å². The van der Waals surface area contributed by atoms with Crippen LogP contribution in [0.3, 0.4) is 0 Å². The Morgan fingerprint density at radius 2 is 1.76 bits per heavy atom. The number of aromatic nitrogens is 2. The summed E-state index contributed by atoms with van der Waals surface area (Å²) < 4.78 is 74.5. The van der Waals surface area contributed by atoms with Crippen LogP contribution in [0.15, 0.2) is 52.9 Å². The maximum absolute atomic E-state index is 14.6. The number of aliphatic hydroxyl groups is 1. The number of rotatable bonds is 12. The highest BCUT2D eigenvalue weighted by Crippen LogP contribution is 2.47. The van der Waals surface area contributed by atoms with Crippen molar-refractivity contribution >= 4 is 38.6 Å². The third kappa shape index (κ3) is 7.71. The quantitative estimate of drug-likeness (QED) is 0.126. The number of fused-ring (bicyclic) bond motifs is 3. The number of benzene rings is 3. The third-order valence-corrected chi connectivity index (χ3v) is 15.6. The molecule has 13 nitrogen and oxygen atoms in total. The lowest BCUT2D eigenvalue weighted by Gasteiger charge is -2.24. The lowest BCUT2D eigenvalue weighted by Crippen LogP contribution is -2.38. The fourth-order valence-electron chi connectivity index (χ4n) is 10.0. The molecule has 4 heterocycles. The summed E-state index contributed by atoms with van der Waals surface area (Å²) in [6.45, 7) is 2.44. The molecule has 3 aliphatic carbocycles. The van der Waals surface area contributed by atoms with E-state index in [1.165, 1.54) is 13.2 Å². The van der Waals surface area contributed by atoms with Crippen LogP contribution in [0.5, 0.6) is 11.8 Å². The first-order valence-electron chi connectivity index (χ1n) is 21.4. The summed E-state index contributed by atoms with van der Waals surface area (Å²) in [4.78, 5) is 26.5. The molecule has 63 heavy (non-hydrogen) atoms. The second kappa shape index (κ2) is 16.4. The van der Waals surface area contributed by atoms with Crippen LogP contribution < -0.4 is 14.2 Å². The van der Waals surface area contributed by atoms with Crippen LogP contribution in [0, 0.1) is 17.2 Å². The van der Waals surface area contributed by atoms with Crippen LogP contribution in [0.1, 0.15) is 96.0 Å². The molecule has 2 N–H and O–H groups in total. The zero-order valence-corrected chi connectivity index (χ0v) is 36.0. The molecule has 328 valence electrons. The standard InChI is InChI=1S/C46H45ClF2N6O7S/c1-60-44-25(21-54-16-15-26(56)23-54)18-35(42(48)49)46(52-44)61-39-13-11-29-28(4-2-5-31(29)39)32-6-3-7-33(40(32)47)45-51-37-19-34-30(36(20-50)41(37)62-45)10-12-38(34)55-17-14-24(22-55)43(57)53-63(58,59)27-8-9-27/h2-7,18-19,24,26-27,38-39,42,56H,8-17,21-23H2,1H3,(H,53,57)/t24-,26-,38-,39+/m1/s1. The lowest BCUT2D eigenvalue weighted by molar-refractivity contribution is -0.122. The van der Waals surface area contributed by atoms with Crippen molar-refractivity contribution in [3.05, 3.63) is 92.5 Å². The average Bonchev–Trinajstić information content (AvgIpc) is 3.68. The van der Waals surface area contributed by atoms with Gasteiger partial charge in [0.25, 0.3) is 6.43 Å². The number of aliphatic hydroxyl groups excluding tert-OH is 1. The maximum atomic E-state index is 14.6.